The molecule has 1 saturated heterocycles. The highest BCUT2D eigenvalue weighted by molar-refractivity contribution is 5.72. The minimum atomic E-state index is -0.313. The van der Waals surface area contributed by atoms with Crippen LogP contribution in [0, 0.1) is 12.8 Å². The lowest BCUT2D eigenvalue weighted by atomic mass is 9.90. The number of hydrogen-bond donors (Lipinski definition) is 2. The third-order valence-electron chi connectivity index (χ3n) is 5.56. The largest absolute Gasteiger partial charge is 0.493 e. The fourth-order valence-electron chi connectivity index (χ4n) is 3.89. The number of hydrogen-bond acceptors (Lipinski definition) is 3. The van der Waals surface area contributed by atoms with Gasteiger partial charge in [-0.3, -0.25) is 0 Å². The average Bonchev–Trinajstić information content (AvgIpc) is 2.63. The van der Waals surface area contributed by atoms with Crippen molar-refractivity contribution in [3.63, 3.8) is 0 Å². The Balaban J connectivity index is 1.53. The Kier molecular flexibility index (Phi) is 6.05. The van der Waals surface area contributed by atoms with E-state index in [1.54, 1.807) is 4.90 Å². The van der Waals surface area contributed by atoms with Crippen molar-refractivity contribution in [2.24, 2.45) is 11.7 Å². The SMILES string of the molecule is Cc1ccc(NC2CCN(C(N)=O)CC2)cc1OCC1CCCCC1. The molecule has 5 nitrogen and oxygen atoms in total. The minimum absolute atomic E-state index is 0.313. The van der Waals surface area contributed by atoms with Crippen molar-refractivity contribution in [3.8, 4) is 5.75 Å². The van der Waals surface area contributed by atoms with Crippen molar-refractivity contribution >= 4 is 11.7 Å². The van der Waals surface area contributed by atoms with Crippen LogP contribution in [0.3, 0.4) is 0 Å². The highest BCUT2D eigenvalue weighted by Crippen LogP contribution is 2.28. The lowest BCUT2D eigenvalue weighted by molar-refractivity contribution is 0.193. The van der Waals surface area contributed by atoms with Crippen LogP contribution in [0.2, 0.25) is 0 Å². The van der Waals surface area contributed by atoms with Crippen molar-refractivity contribution in [1.82, 2.24) is 4.90 Å². The normalized spacial score (nSPS) is 19.6. The van der Waals surface area contributed by atoms with Crippen LogP contribution in [0.25, 0.3) is 0 Å². The molecule has 2 amide bonds. The zero-order valence-corrected chi connectivity index (χ0v) is 15.3. The van der Waals surface area contributed by atoms with Crippen molar-refractivity contribution in [1.29, 1.82) is 0 Å². The predicted molar refractivity (Wildman–Crippen MR) is 101 cm³/mol. The number of urea groups is 1. The van der Waals surface area contributed by atoms with E-state index in [2.05, 4.69) is 30.4 Å². The number of nitrogens with zero attached hydrogens (tertiary/aromatic N) is 1. The number of piperidine rings is 1. The van der Waals surface area contributed by atoms with Crippen molar-refractivity contribution in [2.75, 3.05) is 25.0 Å². The highest BCUT2D eigenvalue weighted by Gasteiger charge is 2.21. The standard InChI is InChI=1S/C20H31N3O2/c1-15-7-8-18(22-17-9-11-23(12-10-17)20(21)24)13-19(15)25-14-16-5-3-2-4-6-16/h7-8,13,16-17,22H,2-6,9-12,14H2,1H3,(H2,21,24). The molecule has 0 radical (unpaired) electrons. The number of carbonyl (C=O) groups excluding carboxylic acids is 1. The predicted octanol–water partition coefficient (Wildman–Crippen LogP) is 3.91. The van der Waals surface area contributed by atoms with Gasteiger partial charge in [0.05, 0.1) is 6.61 Å². The van der Waals surface area contributed by atoms with E-state index < -0.39 is 0 Å². The van der Waals surface area contributed by atoms with E-state index in [4.69, 9.17) is 10.5 Å². The lowest BCUT2D eigenvalue weighted by Crippen LogP contribution is -2.44. The molecule has 1 aromatic carbocycles. The Hall–Kier alpha value is -1.91. The van der Waals surface area contributed by atoms with Gasteiger partial charge in [-0.2, -0.15) is 0 Å². The third-order valence-corrected chi connectivity index (χ3v) is 5.56. The summed E-state index contributed by atoms with van der Waals surface area (Å²) in [4.78, 5) is 12.9. The summed E-state index contributed by atoms with van der Waals surface area (Å²) in [6.07, 6.45) is 8.52. The first-order valence-electron chi connectivity index (χ1n) is 9.66. The number of carbonyl (C=O) groups is 1. The summed E-state index contributed by atoms with van der Waals surface area (Å²) >= 11 is 0. The molecule has 0 unspecified atom stereocenters. The van der Waals surface area contributed by atoms with Crippen LogP contribution >= 0.6 is 0 Å². The molecule has 138 valence electrons. The molecule has 1 aliphatic heterocycles. The summed E-state index contributed by atoms with van der Waals surface area (Å²) in [5, 5.41) is 3.59. The van der Waals surface area contributed by atoms with Gasteiger partial charge in [0.25, 0.3) is 0 Å². The van der Waals surface area contributed by atoms with Gasteiger partial charge in [-0.25, -0.2) is 4.79 Å². The van der Waals surface area contributed by atoms with Crippen molar-refractivity contribution in [3.05, 3.63) is 23.8 Å². The van der Waals surface area contributed by atoms with Gasteiger partial charge >= 0.3 is 6.03 Å². The number of nitrogens with two attached hydrogens (primary N) is 1. The Labute approximate surface area is 150 Å². The fourth-order valence-corrected chi connectivity index (χ4v) is 3.89. The maximum absolute atomic E-state index is 11.2. The molecule has 1 heterocycles. The quantitative estimate of drug-likeness (QED) is 0.850. The van der Waals surface area contributed by atoms with Gasteiger partial charge in [0.2, 0.25) is 0 Å². The number of nitrogens with one attached hydrogen (secondary N) is 1. The second kappa shape index (κ2) is 8.45. The van der Waals surface area contributed by atoms with Crippen LogP contribution < -0.4 is 15.8 Å². The average molecular weight is 345 g/mol. The Morgan fingerprint density at radius 2 is 1.92 bits per heavy atom. The number of anilines is 1. The van der Waals surface area contributed by atoms with Crippen LogP contribution in [-0.2, 0) is 0 Å². The number of aryl methyl sites for hydroxylation is 1. The van der Waals surface area contributed by atoms with Crippen LogP contribution in [0.1, 0.15) is 50.5 Å². The maximum atomic E-state index is 11.2. The second-order valence-electron chi connectivity index (χ2n) is 7.54. The first kappa shape index (κ1) is 17.9. The molecule has 0 spiro atoms. The summed E-state index contributed by atoms with van der Waals surface area (Å²) in [5.74, 6) is 1.70. The summed E-state index contributed by atoms with van der Waals surface area (Å²) in [7, 11) is 0. The van der Waals surface area contributed by atoms with Crippen LogP contribution in [0.4, 0.5) is 10.5 Å². The van der Waals surface area contributed by atoms with E-state index in [0.717, 1.165) is 44.0 Å². The summed E-state index contributed by atoms with van der Waals surface area (Å²) in [6, 6.07) is 6.43. The van der Waals surface area contributed by atoms with Gasteiger partial charge in [0, 0.05) is 30.9 Å². The lowest BCUT2D eigenvalue weighted by Gasteiger charge is -2.31. The van der Waals surface area contributed by atoms with Gasteiger partial charge in [-0.15, -0.1) is 0 Å². The number of amides is 2. The van der Waals surface area contributed by atoms with Gasteiger partial charge in [-0.05, 0) is 50.2 Å². The Morgan fingerprint density at radius 1 is 1.20 bits per heavy atom. The van der Waals surface area contributed by atoms with Crippen LogP contribution in [0.5, 0.6) is 5.75 Å². The first-order valence-corrected chi connectivity index (χ1v) is 9.66. The molecule has 1 aliphatic carbocycles. The van der Waals surface area contributed by atoms with Gasteiger partial charge in [-0.1, -0.05) is 25.3 Å². The van der Waals surface area contributed by atoms with Crippen molar-refractivity contribution < 1.29 is 9.53 Å². The number of likely N-dealkylation sites (tertiary alicyclic amines) is 1. The van der Waals surface area contributed by atoms with Crippen LogP contribution in [-0.4, -0.2) is 36.7 Å². The van der Waals surface area contributed by atoms with Gasteiger partial charge in [0.15, 0.2) is 0 Å². The third kappa shape index (κ3) is 5.03. The molecule has 3 N–H and O–H groups in total. The molecule has 0 bridgehead atoms. The molecular formula is C20H31N3O2. The number of primary amides is 1. The van der Waals surface area contributed by atoms with E-state index in [0.29, 0.717) is 12.0 Å². The molecule has 25 heavy (non-hydrogen) atoms. The van der Waals surface area contributed by atoms with Crippen molar-refractivity contribution in [2.45, 2.75) is 57.9 Å². The second-order valence-corrected chi connectivity index (χ2v) is 7.54. The molecule has 0 atom stereocenters. The monoisotopic (exact) mass is 345 g/mol. The Morgan fingerprint density at radius 3 is 2.60 bits per heavy atom. The zero-order chi connectivity index (χ0) is 17.6. The highest BCUT2D eigenvalue weighted by atomic mass is 16.5. The zero-order valence-electron chi connectivity index (χ0n) is 15.3. The smallest absolute Gasteiger partial charge is 0.314 e. The summed E-state index contributed by atoms with van der Waals surface area (Å²) in [6.45, 7) is 4.39. The van der Waals surface area contributed by atoms with E-state index >= 15 is 0 Å². The molecule has 3 rings (SSSR count). The van der Waals surface area contributed by atoms with E-state index in [9.17, 15) is 4.79 Å². The topological polar surface area (TPSA) is 67.6 Å². The number of benzene rings is 1. The van der Waals surface area contributed by atoms with E-state index in [1.165, 1.54) is 37.7 Å². The van der Waals surface area contributed by atoms with Gasteiger partial charge < -0.3 is 20.7 Å². The van der Waals surface area contributed by atoms with Crippen LogP contribution in [0.15, 0.2) is 18.2 Å². The maximum Gasteiger partial charge on any atom is 0.314 e. The van der Waals surface area contributed by atoms with E-state index in [-0.39, 0.29) is 6.03 Å². The summed E-state index contributed by atoms with van der Waals surface area (Å²) in [5.41, 5.74) is 7.63. The Bertz CT molecular complexity index is 576. The van der Waals surface area contributed by atoms with E-state index in [1.807, 2.05) is 0 Å². The number of rotatable bonds is 5. The molecular weight excluding hydrogens is 314 g/mol. The first-order chi connectivity index (χ1) is 12.1. The molecule has 0 aromatic heterocycles. The molecule has 1 saturated carbocycles. The summed E-state index contributed by atoms with van der Waals surface area (Å²) < 4.78 is 6.15. The molecule has 1 aromatic rings. The molecule has 5 heteroatoms. The number of ether oxygens (including phenoxy) is 1. The molecule has 2 aliphatic rings. The van der Waals surface area contributed by atoms with Gasteiger partial charge in [0.1, 0.15) is 5.75 Å². The minimum Gasteiger partial charge on any atom is -0.493 e. The fraction of sp³-hybridized carbons (Fsp3) is 0.650. The molecule has 2 fully saturated rings.